The number of hydrogen-bond donors (Lipinski definition) is 1. The van der Waals surface area contributed by atoms with Crippen molar-refractivity contribution < 1.29 is 18.0 Å². The molecule has 0 aromatic heterocycles. The lowest BCUT2D eigenvalue weighted by molar-refractivity contribution is -0.186. The maximum Gasteiger partial charge on any atom is 0.393 e. The van der Waals surface area contributed by atoms with Crippen molar-refractivity contribution >= 4 is 11.6 Å². The largest absolute Gasteiger partial charge is 0.393 e. The van der Waals surface area contributed by atoms with Gasteiger partial charge in [-0.1, -0.05) is 12.1 Å². The molecular weight excluding hydrogens is 281 g/mol. The number of likely N-dealkylation sites (tertiary alicyclic amines) is 1. The minimum absolute atomic E-state index is 0.000518. The summed E-state index contributed by atoms with van der Waals surface area (Å²) in [5, 5.41) is 2.72. The van der Waals surface area contributed by atoms with Gasteiger partial charge in [0, 0.05) is 12.2 Å². The molecule has 0 bridgehead atoms. The zero-order chi connectivity index (χ0) is 15.5. The number of benzene rings is 1. The lowest BCUT2D eigenvalue weighted by atomic mass is 9.97. The summed E-state index contributed by atoms with van der Waals surface area (Å²) < 4.78 is 38.1. The number of carbonyl (C=O) groups is 1. The number of piperidine rings is 1. The zero-order valence-electron chi connectivity index (χ0n) is 11.9. The van der Waals surface area contributed by atoms with E-state index in [2.05, 4.69) is 5.32 Å². The second-order valence-electron chi connectivity index (χ2n) is 5.53. The number of nitrogens with one attached hydrogen (secondary N) is 1. The summed E-state index contributed by atoms with van der Waals surface area (Å²) in [5.41, 5.74) is 1.69. The van der Waals surface area contributed by atoms with Crippen LogP contribution < -0.4 is 5.32 Å². The van der Waals surface area contributed by atoms with Crippen LogP contribution in [0.5, 0.6) is 0 Å². The molecule has 0 saturated carbocycles. The third-order valence-corrected chi connectivity index (χ3v) is 3.64. The smallest absolute Gasteiger partial charge is 0.325 e. The molecule has 1 aromatic rings. The van der Waals surface area contributed by atoms with Gasteiger partial charge in [0.25, 0.3) is 0 Å². The highest BCUT2D eigenvalue weighted by molar-refractivity contribution is 5.92. The van der Waals surface area contributed by atoms with Crippen LogP contribution in [0.1, 0.15) is 18.4 Å². The van der Waals surface area contributed by atoms with Gasteiger partial charge in [0.05, 0.1) is 12.5 Å². The van der Waals surface area contributed by atoms with Gasteiger partial charge in [-0.25, -0.2) is 0 Å². The van der Waals surface area contributed by atoms with Crippen molar-refractivity contribution in [2.45, 2.75) is 25.9 Å². The molecule has 1 aromatic carbocycles. The van der Waals surface area contributed by atoms with E-state index in [4.69, 9.17) is 0 Å². The van der Waals surface area contributed by atoms with Crippen LogP contribution in [0.15, 0.2) is 24.3 Å². The predicted octanol–water partition coefficient (Wildman–Crippen LogP) is 3.21. The molecule has 1 unspecified atom stereocenters. The van der Waals surface area contributed by atoms with E-state index in [-0.39, 0.29) is 25.4 Å². The number of aryl methyl sites for hydroxylation is 1. The Labute approximate surface area is 122 Å². The van der Waals surface area contributed by atoms with Crippen molar-refractivity contribution in [1.82, 2.24) is 4.90 Å². The van der Waals surface area contributed by atoms with Gasteiger partial charge >= 0.3 is 6.18 Å². The summed E-state index contributed by atoms with van der Waals surface area (Å²) in [4.78, 5) is 13.5. The lowest BCUT2D eigenvalue weighted by Crippen LogP contribution is -2.44. The third kappa shape index (κ3) is 4.74. The molecule has 1 aliphatic heterocycles. The van der Waals surface area contributed by atoms with E-state index in [1.54, 1.807) is 11.0 Å². The molecule has 116 valence electrons. The van der Waals surface area contributed by atoms with Crippen molar-refractivity contribution in [3.63, 3.8) is 0 Å². The summed E-state index contributed by atoms with van der Waals surface area (Å²) in [5.74, 6) is -1.60. The van der Waals surface area contributed by atoms with Gasteiger partial charge in [-0.2, -0.15) is 13.2 Å². The molecule has 1 atom stereocenters. The van der Waals surface area contributed by atoms with Gasteiger partial charge in [-0.3, -0.25) is 9.69 Å². The minimum atomic E-state index is -4.17. The number of rotatable bonds is 3. The average molecular weight is 300 g/mol. The molecule has 3 nitrogen and oxygen atoms in total. The summed E-state index contributed by atoms with van der Waals surface area (Å²) in [6.07, 6.45) is -3.55. The summed E-state index contributed by atoms with van der Waals surface area (Å²) >= 11 is 0. The average Bonchev–Trinajstić information content (AvgIpc) is 2.37. The van der Waals surface area contributed by atoms with E-state index >= 15 is 0 Å². The van der Waals surface area contributed by atoms with Gasteiger partial charge in [0.15, 0.2) is 0 Å². The number of alkyl halides is 3. The quantitative estimate of drug-likeness (QED) is 0.929. The molecule has 2 rings (SSSR count). The molecule has 0 aliphatic carbocycles. The Morgan fingerprint density at radius 3 is 2.86 bits per heavy atom. The van der Waals surface area contributed by atoms with Crippen molar-refractivity contribution in [3.05, 3.63) is 29.8 Å². The summed E-state index contributed by atoms with van der Waals surface area (Å²) in [6, 6.07) is 7.33. The predicted molar refractivity (Wildman–Crippen MR) is 75.0 cm³/mol. The molecule has 1 fully saturated rings. The SMILES string of the molecule is Cc1cccc(NC(=O)CN2CCCC(C(F)(F)F)C2)c1. The van der Waals surface area contributed by atoms with E-state index in [0.717, 1.165) is 5.56 Å². The topological polar surface area (TPSA) is 32.3 Å². The van der Waals surface area contributed by atoms with E-state index in [9.17, 15) is 18.0 Å². The number of anilines is 1. The number of carbonyl (C=O) groups excluding carboxylic acids is 1. The summed E-state index contributed by atoms with van der Waals surface area (Å²) in [7, 11) is 0. The lowest BCUT2D eigenvalue weighted by Gasteiger charge is -2.33. The Balaban J connectivity index is 1.88. The second kappa shape index (κ2) is 6.47. The van der Waals surface area contributed by atoms with Crippen LogP contribution in [0.4, 0.5) is 18.9 Å². The summed E-state index contributed by atoms with van der Waals surface area (Å²) in [6.45, 7) is 2.35. The third-order valence-electron chi connectivity index (χ3n) is 3.64. The highest BCUT2D eigenvalue weighted by Gasteiger charge is 2.41. The molecule has 6 heteroatoms. The fourth-order valence-corrected chi connectivity index (χ4v) is 2.59. The van der Waals surface area contributed by atoms with Crippen LogP contribution >= 0.6 is 0 Å². The molecular formula is C15H19F3N2O. The monoisotopic (exact) mass is 300 g/mol. The Hall–Kier alpha value is -1.56. The Morgan fingerprint density at radius 1 is 1.43 bits per heavy atom. The maximum absolute atomic E-state index is 12.7. The number of hydrogen-bond acceptors (Lipinski definition) is 2. The molecule has 1 heterocycles. The van der Waals surface area contributed by atoms with Crippen molar-refractivity contribution in [1.29, 1.82) is 0 Å². The van der Waals surface area contributed by atoms with Crippen LogP contribution in [0.25, 0.3) is 0 Å². The van der Waals surface area contributed by atoms with E-state index < -0.39 is 12.1 Å². The fraction of sp³-hybridized carbons (Fsp3) is 0.533. The Kier molecular flexibility index (Phi) is 4.88. The van der Waals surface area contributed by atoms with Crippen molar-refractivity contribution in [2.75, 3.05) is 25.0 Å². The van der Waals surface area contributed by atoms with Gasteiger partial charge < -0.3 is 5.32 Å². The van der Waals surface area contributed by atoms with Crippen molar-refractivity contribution in [3.8, 4) is 0 Å². The molecule has 1 N–H and O–H groups in total. The second-order valence-corrected chi connectivity index (χ2v) is 5.53. The number of nitrogens with zero attached hydrogens (tertiary/aromatic N) is 1. The standard InChI is InChI=1S/C15H19F3N2O/c1-11-4-2-6-13(8-11)19-14(21)10-20-7-3-5-12(9-20)15(16,17)18/h2,4,6,8,12H,3,5,7,9-10H2,1H3,(H,19,21). The van der Waals surface area contributed by atoms with Crippen LogP contribution in [0, 0.1) is 12.8 Å². The number of halogens is 3. The van der Waals surface area contributed by atoms with Crippen molar-refractivity contribution in [2.24, 2.45) is 5.92 Å². The van der Waals surface area contributed by atoms with Crippen LogP contribution in [0.2, 0.25) is 0 Å². The van der Waals surface area contributed by atoms with Gasteiger partial charge in [-0.15, -0.1) is 0 Å². The minimum Gasteiger partial charge on any atom is -0.325 e. The van der Waals surface area contributed by atoms with E-state index in [1.165, 1.54) is 0 Å². The Bertz CT molecular complexity index is 502. The number of amides is 1. The first-order valence-corrected chi connectivity index (χ1v) is 7.00. The molecule has 21 heavy (non-hydrogen) atoms. The van der Waals surface area contributed by atoms with Gasteiger partial charge in [0.1, 0.15) is 0 Å². The molecule has 1 aliphatic rings. The fourth-order valence-electron chi connectivity index (χ4n) is 2.59. The normalized spacial score (nSPS) is 20.3. The van der Waals surface area contributed by atoms with Gasteiger partial charge in [0.2, 0.25) is 5.91 Å². The zero-order valence-corrected chi connectivity index (χ0v) is 11.9. The first-order chi connectivity index (χ1) is 9.84. The molecule has 0 spiro atoms. The first-order valence-electron chi connectivity index (χ1n) is 7.00. The highest BCUT2D eigenvalue weighted by atomic mass is 19.4. The van der Waals surface area contributed by atoms with E-state index in [1.807, 2.05) is 25.1 Å². The molecule has 1 saturated heterocycles. The van der Waals surface area contributed by atoms with Crippen LogP contribution in [-0.4, -0.2) is 36.6 Å². The first kappa shape index (κ1) is 15.8. The van der Waals surface area contributed by atoms with Crippen LogP contribution in [0.3, 0.4) is 0 Å². The molecule has 1 amide bonds. The maximum atomic E-state index is 12.7. The molecule has 0 radical (unpaired) electrons. The van der Waals surface area contributed by atoms with Gasteiger partial charge in [-0.05, 0) is 44.0 Å². The highest BCUT2D eigenvalue weighted by Crippen LogP contribution is 2.32. The van der Waals surface area contributed by atoms with Crippen LogP contribution in [-0.2, 0) is 4.79 Å². The Morgan fingerprint density at radius 2 is 2.19 bits per heavy atom. The van der Waals surface area contributed by atoms with E-state index in [0.29, 0.717) is 18.7 Å².